The fourth-order valence-electron chi connectivity index (χ4n) is 3.44. The van der Waals surface area contributed by atoms with E-state index in [1.54, 1.807) is 6.20 Å². The van der Waals surface area contributed by atoms with Gasteiger partial charge in [-0.15, -0.1) is 5.10 Å². The van der Waals surface area contributed by atoms with Crippen molar-refractivity contribution in [2.24, 2.45) is 0 Å². The van der Waals surface area contributed by atoms with Crippen molar-refractivity contribution in [2.45, 2.75) is 64.7 Å². The van der Waals surface area contributed by atoms with E-state index in [1.165, 1.54) is 4.68 Å². The molecule has 1 atom stereocenters. The summed E-state index contributed by atoms with van der Waals surface area (Å²) >= 11 is 0. The quantitative estimate of drug-likeness (QED) is 0.284. The van der Waals surface area contributed by atoms with Gasteiger partial charge in [-0.25, -0.2) is 14.4 Å². The Kier molecular flexibility index (Phi) is 10.4. The average Bonchev–Trinajstić information content (AvgIpc) is 3.42. The van der Waals surface area contributed by atoms with Crippen LogP contribution >= 0.6 is 0 Å². The normalized spacial score (nSPS) is 11.9. The number of nitrogens with one attached hydrogen (secondary N) is 2. The van der Waals surface area contributed by atoms with Gasteiger partial charge in [0.25, 0.3) is 0 Å². The lowest BCUT2D eigenvalue weighted by molar-refractivity contribution is -0.147. The van der Waals surface area contributed by atoms with Gasteiger partial charge < -0.3 is 20.1 Å². The first-order valence-corrected chi connectivity index (χ1v) is 12.6. The SMILES string of the molecule is CC(C)(C)c1cn(C(=O)NCCCC[C@H](NC(=O)OCc2ccccc2)C(=O)OCc2ccccc2)nn1. The molecular weight excluding hydrogens is 486 g/mol. The molecule has 0 bridgehead atoms. The van der Waals surface area contributed by atoms with E-state index in [0.29, 0.717) is 25.8 Å². The number of hydrogen-bond acceptors (Lipinski definition) is 7. The molecular formula is C28H35N5O5. The highest BCUT2D eigenvalue weighted by atomic mass is 16.6. The summed E-state index contributed by atoms with van der Waals surface area (Å²) in [6.07, 6.45) is 2.36. The Balaban J connectivity index is 1.48. The highest BCUT2D eigenvalue weighted by molar-refractivity contribution is 5.81. The van der Waals surface area contributed by atoms with Crippen molar-refractivity contribution >= 4 is 18.1 Å². The Labute approximate surface area is 222 Å². The van der Waals surface area contributed by atoms with E-state index >= 15 is 0 Å². The first-order chi connectivity index (χ1) is 18.2. The van der Waals surface area contributed by atoms with Gasteiger partial charge in [0.05, 0.1) is 11.9 Å². The number of rotatable bonds is 11. The molecule has 3 rings (SSSR count). The lowest BCUT2D eigenvalue weighted by atomic mass is 9.93. The highest BCUT2D eigenvalue weighted by Crippen LogP contribution is 2.18. The molecule has 0 spiro atoms. The third kappa shape index (κ3) is 9.34. The summed E-state index contributed by atoms with van der Waals surface area (Å²) in [5.74, 6) is -0.549. The predicted octanol–water partition coefficient (Wildman–Crippen LogP) is 4.34. The first-order valence-electron chi connectivity index (χ1n) is 12.6. The van der Waals surface area contributed by atoms with Crippen LogP contribution in [0, 0.1) is 0 Å². The van der Waals surface area contributed by atoms with Crippen LogP contribution in [0.1, 0.15) is 56.9 Å². The van der Waals surface area contributed by atoms with E-state index < -0.39 is 18.1 Å². The van der Waals surface area contributed by atoms with E-state index in [-0.39, 0.29) is 24.7 Å². The van der Waals surface area contributed by atoms with Gasteiger partial charge in [-0.1, -0.05) is 86.6 Å². The zero-order chi connectivity index (χ0) is 27.4. The van der Waals surface area contributed by atoms with E-state index in [0.717, 1.165) is 16.8 Å². The fraction of sp³-hybridized carbons (Fsp3) is 0.393. The Morgan fingerprint density at radius 1 is 0.895 bits per heavy atom. The van der Waals surface area contributed by atoms with Crippen LogP contribution in [-0.2, 0) is 32.9 Å². The molecule has 0 aliphatic rings. The third-order valence-electron chi connectivity index (χ3n) is 5.68. The number of nitrogens with zero attached hydrogens (tertiary/aromatic N) is 3. The van der Waals surface area contributed by atoms with Gasteiger partial charge >= 0.3 is 18.1 Å². The number of carbonyl (C=O) groups excluding carboxylic acids is 3. The summed E-state index contributed by atoms with van der Waals surface area (Å²) < 4.78 is 11.9. The monoisotopic (exact) mass is 521 g/mol. The number of ether oxygens (including phenoxy) is 2. The molecule has 10 heteroatoms. The molecule has 0 radical (unpaired) electrons. The number of hydrogen-bond donors (Lipinski definition) is 2. The van der Waals surface area contributed by atoms with Gasteiger partial charge in [0, 0.05) is 12.0 Å². The third-order valence-corrected chi connectivity index (χ3v) is 5.68. The van der Waals surface area contributed by atoms with Gasteiger partial charge in [0.2, 0.25) is 0 Å². The van der Waals surface area contributed by atoms with Crippen LogP contribution in [0.3, 0.4) is 0 Å². The molecule has 0 saturated heterocycles. The summed E-state index contributed by atoms with van der Waals surface area (Å²) in [5.41, 5.74) is 2.19. The second kappa shape index (κ2) is 13.9. The lowest BCUT2D eigenvalue weighted by Crippen LogP contribution is -2.42. The van der Waals surface area contributed by atoms with Crippen molar-refractivity contribution in [3.05, 3.63) is 83.7 Å². The van der Waals surface area contributed by atoms with Crippen LogP contribution in [0.25, 0.3) is 0 Å². The predicted molar refractivity (Wildman–Crippen MR) is 141 cm³/mol. The Morgan fingerprint density at radius 2 is 1.50 bits per heavy atom. The van der Waals surface area contributed by atoms with Crippen LogP contribution in [0.4, 0.5) is 9.59 Å². The number of esters is 1. The molecule has 0 saturated carbocycles. The summed E-state index contributed by atoms with van der Waals surface area (Å²) in [6.45, 7) is 6.53. The van der Waals surface area contributed by atoms with E-state index in [1.807, 2.05) is 81.4 Å². The molecule has 1 heterocycles. The Hall–Kier alpha value is -4.21. The van der Waals surface area contributed by atoms with Crippen LogP contribution in [0.2, 0.25) is 0 Å². The number of alkyl carbamates (subject to hydrolysis) is 1. The summed E-state index contributed by atoms with van der Waals surface area (Å²) in [6, 6.07) is 17.3. The maximum absolute atomic E-state index is 12.8. The van der Waals surface area contributed by atoms with Crippen molar-refractivity contribution in [3.8, 4) is 0 Å². The molecule has 3 aromatic rings. The Bertz CT molecular complexity index is 1180. The molecule has 202 valence electrons. The molecule has 0 aliphatic carbocycles. The summed E-state index contributed by atoms with van der Waals surface area (Å²) in [5, 5.41) is 13.3. The van der Waals surface area contributed by atoms with Gasteiger partial charge in [0.1, 0.15) is 19.3 Å². The van der Waals surface area contributed by atoms with Gasteiger partial charge in [-0.2, -0.15) is 4.68 Å². The molecule has 1 aromatic heterocycles. The van der Waals surface area contributed by atoms with Crippen molar-refractivity contribution in [1.82, 2.24) is 25.6 Å². The molecule has 0 unspecified atom stereocenters. The number of carbonyl (C=O) groups is 3. The standard InChI is InChI=1S/C28H35N5O5/c1-28(2,3)24-18-33(32-31-24)26(35)29-17-11-10-16-23(25(34)37-19-21-12-6-4-7-13-21)30-27(36)38-20-22-14-8-5-9-15-22/h4-9,12-15,18,23H,10-11,16-17,19-20H2,1-3H3,(H,29,35)(H,30,36)/t23-/m0/s1. The van der Waals surface area contributed by atoms with Crippen molar-refractivity contribution in [1.29, 1.82) is 0 Å². The van der Waals surface area contributed by atoms with Crippen molar-refractivity contribution in [3.63, 3.8) is 0 Å². The zero-order valence-corrected chi connectivity index (χ0v) is 22.1. The molecule has 10 nitrogen and oxygen atoms in total. The number of amides is 2. The van der Waals surface area contributed by atoms with Crippen LogP contribution in [-0.4, -0.2) is 45.7 Å². The zero-order valence-electron chi connectivity index (χ0n) is 22.1. The van der Waals surface area contributed by atoms with Crippen LogP contribution in [0.5, 0.6) is 0 Å². The molecule has 0 aliphatic heterocycles. The largest absolute Gasteiger partial charge is 0.459 e. The molecule has 0 fully saturated rings. The van der Waals surface area contributed by atoms with E-state index in [2.05, 4.69) is 20.9 Å². The number of aromatic nitrogens is 3. The molecule has 2 amide bonds. The van der Waals surface area contributed by atoms with Gasteiger partial charge in [0.15, 0.2) is 0 Å². The van der Waals surface area contributed by atoms with Crippen LogP contribution in [0.15, 0.2) is 66.9 Å². The first kappa shape index (κ1) is 28.4. The topological polar surface area (TPSA) is 124 Å². The van der Waals surface area contributed by atoms with Gasteiger partial charge in [-0.05, 0) is 30.4 Å². The molecule has 2 aromatic carbocycles. The van der Waals surface area contributed by atoms with E-state index in [4.69, 9.17) is 9.47 Å². The smallest absolute Gasteiger partial charge is 0.408 e. The minimum absolute atomic E-state index is 0.0870. The second-order valence-electron chi connectivity index (χ2n) is 9.88. The Morgan fingerprint density at radius 3 is 2.08 bits per heavy atom. The number of benzene rings is 2. The van der Waals surface area contributed by atoms with Crippen molar-refractivity contribution in [2.75, 3.05) is 6.54 Å². The minimum Gasteiger partial charge on any atom is -0.459 e. The summed E-state index contributed by atoms with van der Waals surface area (Å²) in [4.78, 5) is 37.5. The summed E-state index contributed by atoms with van der Waals surface area (Å²) in [7, 11) is 0. The highest BCUT2D eigenvalue weighted by Gasteiger charge is 2.23. The average molecular weight is 522 g/mol. The minimum atomic E-state index is -0.887. The lowest BCUT2D eigenvalue weighted by Gasteiger charge is -2.18. The van der Waals surface area contributed by atoms with E-state index in [9.17, 15) is 14.4 Å². The maximum Gasteiger partial charge on any atom is 0.408 e. The van der Waals surface area contributed by atoms with Gasteiger partial charge in [-0.3, -0.25) is 0 Å². The fourth-order valence-corrected chi connectivity index (χ4v) is 3.44. The number of unbranched alkanes of at least 4 members (excludes halogenated alkanes) is 1. The molecule has 38 heavy (non-hydrogen) atoms. The van der Waals surface area contributed by atoms with Crippen LogP contribution < -0.4 is 10.6 Å². The molecule has 2 N–H and O–H groups in total. The second-order valence-corrected chi connectivity index (χ2v) is 9.88. The maximum atomic E-state index is 12.8. The van der Waals surface area contributed by atoms with Crippen molar-refractivity contribution < 1.29 is 23.9 Å².